The minimum absolute atomic E-state index is 0.00201. The van der Waals surface area contributed by atoms with Gasteiger partial charge in [-0.25, -0.2) is 0 Å². The van der Waals surface area contributed by atoms with Crippen molar-refractivity contribution >= 4 is 34.5 Å². The molecule has 2 aliphatic heterocycles. The Bertz CT molecular complexity index is 873. The van der Waals surface area contributed by atoms with Crippen LogP contribution in [0.3, 0.4) is 0 Å². The first-order valence-corrected chi connectivity index (χ1v) is 9.92. The number of para-hydroxylation sites is 2. The average Bonchev–Trinajstić information content (AvgIpc) is 3.07. The number of carbonyl (C=O) groups excluding carboxylic acids is 2. The van der Waals surface area contributed by atoms with E-state index in [0.29, 0.717) is 18.3 Å². The normalized spacial score (nSPS) is 23.8. The van der Waals surface area contributed by atoms with E-state index < -0.39 is 5.54 Å². The number of fused-ring (bicyclic) bond motifs is 2. The summed E-state index contributed by atoms with van der Waals surface area (Å²) in [5.74, 6) is -0.149. The van der Waals surface area contributed by atoms with Crippen molar-refractivity contribution in [3.63, 3.8) is 0 Å². The van der Waals surface area contributed by atoms with E-state index in [4.69, 9.17) is 0 Å². The zero-order valence-corrected chi connectivity index (χ0v) is 16.2. The highest BCUT2D eigenvalue weighted by molar-refractivity contribution is 7.10. The molecule has 136 valence electrons. The van der Waals surface area contributed by atoms with Gasteiger partial charge in [-0.2, -0.15) is 0 Å². The average molecular weight is 370 g/mol. The molecule has 1 unspecified atom stereocenters. The number of hydrogen-bond acceptors (Lipinski definition) is 3. The summed E-state index contributed by atoms with van der Waals surface area (Å²) in [5, 5.41) is 5.06. The number of quaternary nitrogens is 1. The third-order valence-electron chi connectivity index (χ3n) is 5.67. The van der Waals surface area contributed by atoms with Crippen LogP contribution in [0.15, 0.2) is 35.7 Å². The lowest BCUT2D eigenvalue weighted by Crippen LogP contribution is -3.14. The van der Waals surface area contributed by atoms with Crippen molar-refractivity contribution in [3.8, 4) is 0 Å². The van der Waals surface area contributed by atoms with E-state index in [1.165, 1.54) is 15.3 Å². The second kappa shape index (κ2) is 6.21. The number of amides is 2. The molecule has 2 atom stereocenters. The molecule has 2 N–H and O–H groups in total. The summed E-state index contributed by atoms with van der Waals surface area (Å²) < 4.78 is 0. The van der Waals surface area contributed by atoms with Crippen LogP contribution in [0.5, 0.6) is 0 Å². The van der Waals surface area contributed by atoms with Gasteiger partial charge in [0, 0.05) is 16.9 Å². The number of rotatable bonds is 2. The highest BCUT2D eigenvalue weighted by Crippen LogP contribution is 2.36. The molecule has 0 saturated carbocycles. The highest BCUT2D eigenvalue weighted by Gasteiger charge is 2.45. The van der Waals surface area contributed by atoms with Crippen LogP contribution in [-0.2, 0) is 16.0 Å². The summed E-state index contributed by atoms with van der Waals surface area (Å²) >= 11 is 1.81. The van der Waals surface area contributed by atoms with Gasteiger partial charge < -0.3 is 10.2 Å². The van der Waals surface area contributed by atoms with Crippen LogP contribution in [-0.4, -0.2) is 30.4 Å². The summed E-state index contributed by atoms with van der Waals surface area (Å²) in [7, 11) is 0. The SMILES string of the molecule is C[C@H]1c2ccsc2CC[NH+]1CC(=O)N1c2ccccc2NC(=O)C1(C)C. The minimum Gasteiger partial charge on any atom is -0.322 e. The van der Waals surface area contributed by atoms with Gasteiger partial charge in [0.1, 0.15) is 11.6 Å². The molecular weight excluding hydrogens is 346 g/mol. The molecule has 1 aromatic carbocycles. The third-order valence-corrected chi connectivity index (χ3v) is 6.66. The van der Waals surface area contributed by atoms with Gasteiger partial charge in [0.25, 0.3) is 5.91 Å². The number of nitrogens with zero attached hydrogens (tertiary/aromatic N) is 1. The fourth-order valence-corrected chi connectivity index (χ4v) is 5.04. The predicted molar refractivity (Wildman–Crippen MR) is 104 cm³/mol. The van der Waals surface area contributed by atoms with Gasteiger partial charge in [-0.15, -0.1) is 11.3 Å². The van der Waals surface area contributed by atoms with E-state index in [9.17, 15) is 9.59 Å². The molecule has 2 amide bonds. The van der Waals surface area contributed by atoms with Crippen molar-refractivity contribution in [1.29, 1.82) is 0 Å². The first-order valence-electron chi connectivity index (χ1n) is 9.04. The summed E-state index contributed by atoms with van der Waals surface area (Å²) in [6, 6.07) is 10.0. The Morgan fingerprint density at radius 2 is 2.12 bits per heavy atom. The van der Waals surface area contributed by atoms with Crippen LogP contribution in [0.2, 0.25) is 0 Å². The van der Waals surface area contributed by atoms with E-state index in [1.54, 1.807) is 4.90 Å². The first kappa shape index (κ1) is 17.2. The molecule has 0 saturated heterocycles. The maximum absolute atomic E-state index is 13.3. The van der Waals surface area contributed by atoms with E-state index in [2.05, 4.69) is 23.7 Å². The Morgan fingerprint density at radius 3 is 2.92 bits per heavy atom. The molecule has 2 aromatic rings. The van der Waals surface area contributed by atoms with Crippen LogP contribution >= 0.6 is 11.3 Å². The summed E-state index contributed by atoms with van der Waals surface area (Å²) in [4.78, 5) is 30.3. The molecule has 3 heterocycles. The molecule has 0 bridgehead atoms. The monoisotopic (exact) mass is 370 g/mol. The van der Waals surface area contributed by atoms with Gasteiger partial charge in [-0.3, -0.25) is 14.5 Å². The Kier molecular flexibility index (Phi) is 4.12. The first-order chi connectivity index (χ1) is 12.4. The lowest BCUT2D eigenvalue weighted by Gasteiger charge is -2.42. The lowest BCUT2D eigenvalue weighted by molar-refractivity contribution is -0.924. The molecule has 0 radical (unpaired) electrons. The number of hydrogen-bond donors (Lipinski definition) is 2. The van der Waals surface area contributed by atoms with Crippen LogP contribution in [0.25, 0.3) is 0 Å². The van der Waals surface area contributed by atoms with E-state index in [0.717, 1.165) is 18.7 Å². The van der Waals surface area contributed by atoms with Crippen LogP contribution < -0.4 is 15.1 Å². The van der Waals surface area contributed by atoms with Gasteiger partial charge >= 0.3 is 0 Å². The Hall–Kier alpha value is -2.18. The van der Waals surface area contributed by atoms with Gasteiger partial charge in [0.15, 0.2) is 6.54 Å². The fourth-order valence-electron chi connectivity index (χ4n) is 4.06. The van der Waals surface area contributed by atoms with Crippen LogP contribution in [0, 0.1) is 0 Å². The van der Waals surface area contributed by atoms with Crippen molar-refractivity contribution in [2.45, 2.75) is 38.8 Å². The van der Waals surface area contributed by atoms with Gasteiger partial charge in [-0.1, -0.05) is 12.1 Å². The Labute approximate surface area is 157 Å². The molecule has 4 rings (SSSR count). The topological polar surface area (TPSA) is 53.9 Å². The summed E-state index contributed by atoms with van der Waals surface area (Å²) in [5.41, 5.74) is 1.94. The smallest absolute Gasteiger partial charge is 0.283 e. The summed E-state index contributed by atoms with van der Waals surface area (Å²) in [6.45, 7) is 7.14. The zero-order valence-electron chi connectivity index (χ0n) is 15.3. The highest BCUT2D eigenvalue weighted by atomic mass is 32.1. The molecule has 5 nitrogen and oxygen atoms in total. The molecule has 2 aliphatic rings. The Balaban J connectivity index is 1.62. The molecule has 26 heavy (non-hydrogen) atoms. The maximum atomic E-state index is 13.3. The van der Waals surface area contributed by atoms with Gasteiger partial charge in [0.05, 0.1) is 17.9 Å². The van der Waals surface area contributed by atoms with Crippen LogP contribution in [0.4, 0.5) is 11.4 Å². The van der Waals surface area contributed by atoms with Crippen molar-refractivity contribution in [2.75, 3.05) is 23.3 Å². The second-order valence-corrected chi connectivity index (χ2v) is 8.62. The number of nitrogens with one attached hydrogen (secondary N) is 2. The minimum atomic E-state index is -0.905. The van der Waals surface area contributed by atoms with Crippen molar-refractivity contribution in [3.05, 3.63) is 46.2 Å². The van der Waals surface area contributed by atoms with Gasteiger partial charge in [0.2, 0.25) is 5.91 Å². The third kappa shape index (κ3) is 2.64. The molecule has 0 spiro atoms. The molecule has 0 fully saturated rings. The van der Waals surface area contributed by atoms with Crippen LogP contribution in [0.1, 0.15) is 37.3 Å². The number of benzene rings is 1. The molecule has 1 aromatic heterocycles. The molecule has 6 heteroatoms. The largest absolute Gasteiger partial charge is 0.322 e. The lowest BCUT2D eigenvalue weighted by atomic mass is 9.95. The molecule has 0 aliphatic carbocycles. The number of anilines is 2. The second-order valence-electron chi connectivity index (χ2n) is 7.62. The van der Waals surface area contributed by atoms with Crippen molar-refractivity contribution < 1.29 is 14.5 Å². The van der Waals surface area contributed by atoms with Crippen molar-refractivity contribution in [1.82, 2.24) is 0 Å². The van der Waals surface area contributed by atoms with Crippen molar-refractivity contribution in [2.24, 2.45) is 0 Å². The zero-order chi connectivity index (χ0) is 18.5. The number of thiophene rings is 1. The van der Waals surface area contributed by atoms with Gasteiger partial charge in [-0.05, 0) is 44.4 Å². The standard InChI is InChI=1S/C20H23N3O2S/c1-13-14-9-11-26-17(14)8-10-22(13)12-18(24)23-16-7-5-4-6-15(16)21-19(25)20(23,2)3/h4-7,9,11,13H,8,10,12H2,1-3H3,(H,21,25)/p+1/t13-/m0/s1. The number of carbonyl (C=O) groups is 2. The Morgan fingerprint density at radius 1 is 1.35 bits per heavy atom. The predicted octanol–water partition coefficient (Wildman–Crippen LogP) is 2.01. The summed E-state index contributed by atoms with van der Waals surface area (Å²) in [6.07, 6.45) is 1.01. The fraction of sp³-hybridized carbons (Fsp3) is 0.400. The van der Waals surface area contributed by atoms with E-state index in [1.807, 2.05) is 49.4 Å². The van der Waals surface area contributed by atoms with E-state index in [-0.39, 0.29) is 11.8 Å². The molecular formula is C20H24N3O2S+. The van der Waals surface area contributed by atoms with E-state index >= 15 is 0 Å². The quantitative estimate of drug-likeness (QED) is 0.850. The maximum Gasteiger partial charge on any atom is 0.283 e.